The van der Waals surface area contributed by atoms with Crippen molar-refractivity contribution in [2.24, 2.45) is 11.3 Å². The molecule has 1 aliphatic carbocycles. The molecule has 7 heterocycles. The summed E-state index contributed by atoms with van der Waals surface area (Å²) in [7, 11) is 0. The number of hydrogen-bond acceptors (Lipinski definition) is 10. The Morgan fingerprint density at radius 2 is 1.10 bits per heavy atom. The number of terminal acetylenes is 4. The Balaban J connectivity index is 0.000000497. The summed E-state index contributed by atoms with van der Waals surface area (Å²) in [6, 6.07) is 5.15. The highest BCUT2D eigenvalue weighted by Gasteiger charge is 2.27. The van der Waals surface area contributed by atoms with Gasteiger partial charge in [0.2, 0.25) is 5.95 Å². The second kappa shape index (κ2) is 32.9. The highest BCUT2D eigenvalue weighted by atomic mass is 32.1. The van der Waals surface area contributed by atoms with Gasteiger partial charge in [-0.05, 0) is 181 Å². The van der Waals surface area contributed by atoms with Crippen molar-refractivity contribution >= 4 is 40.6 Å². The van der Waals surface area contributed by atoms with Crippen LogP contribution in [0.2, 0.25) is 0 Å². The fourth-order valence-electron chi connectivity index (χ4n) is 7.04. The van der Waals surface area contributed by atoms with Crippen LogP contribution in [0.15, 0.2) is 98.5 Å². The lowest BCUT2D eigenvalue weighted by molar-refractivity contribution is -0.116. The molecule has 0 bridgehead atoms. The summed E-state index contributed by atoms with van der Waals surface area (Å²) < 4.78 is 21.8. The van der Waals surface area contributed by atoms with Crippen molar-refractivity contribution in [3.8, 4) is 49.4 Å². The van der Waals surface area contributed by atoms with Crippen LogP contribution in [-0.4, -0.2) is 64.2 Å². The van der Waals surface area contributed by atoms with E-state index < -0.39 is 5.95 Å². The molecule has 1 aliphatic rings. The second-order valence-electron chi connectivity index (χ2n) is 28.5. The zero-order valence-electron chi connectivity index (χ0n) is 56.9. The van der Waals surface area contributed by atoms with Crippen molar-refractivity contribution in [3.63, 3.8) is 0 Å². The van der Waals surface area contributed by atoms with E-state index in [-0.39, 0.29) is 49.7 Å². The first-order chi connectivity index (χ1) is 39.8. The molecular formula is C71H101FN12OS2. The SMILES string of the molecule is C#Cc1ccn(C(C)(C)C)n1.C#Cc1nc(C(C)(C)C)cs1.C#Cc1ncc(C(C)(C)C)s1.C#Cc1nccn1C(C)(C)C.C=Cc1ccn(C(C)(C)C)n1.C=Cc1nccn1C(C)(C)C.CC(C)(C)C1CC=CC(=O)C1.CC(C)(C)n1ccc(F)n1. The summed E-state index contributed by atoms with van der Waals surface area (Å²) in [6.07, 6.45) is 44.6. The van der Waals surface area contributed by atoms with Gasteiger partial charge in [0, 0.05) is 88.8 Å². The Hall–Kier alpha value is -7.63. The van der Waals surface area contributed by atoms with Crippen LogP contribution < -0.4 is 0 Å². The van der Waals surface area contributed by atoms with Gasteiger partial charge >= 0.3 is 0 Å². The third-order valence-electron chi connectivity index (χ3n) is 12.4. The summed E-state index contributed by atoms with van der Waals surface area (Å²) in [6.45, 7) is 58.0. The molecule has 16 heteroatoms. The number of imidazole rings is 2. The first-order valence-corrected chi connectivity index (χ1v) is 30.6. The Kier molecular flexibility index (Phi) is 29.3. The van der Waals surface area contributed by atoms with Gasteiger partial charge in [0.25, 0.3) is 0 Å². The minimum atomic E-state index is -0.421. The van der Waals surface area contributed by atoms with Gasteiger partial charge in [-0.25, -0.2) is 19.9 Å². The molecule has 13 nitrogen and oxygen atoms in total. The Morgan fingerprint density at radius 3 is 1.40 bits per heavy atom. The topological polar surface area (TPSA) is 132 Å². The molecule has 1 atom stereocenters. The van der Waals surface area contributed by atoms with E-state index in [4.69, 9.17) is 25.7 Å². The number of rotatable bonds is 2. The van der Waals surface area contributed by atoms with Crippen LogP contribution in [0.25, 0.3) is 12.2 Å². The molecule has 1 unspecified atom stereocenters. The standard InChI is InChI=1S/C10H16O.C9H14N2.C9H12N2.C9H14N2.C9H12N2.2C9H11NS.C7H11FN2/c1-10(2,3)8-5-4-6-9(11)7-8;2*1-5-8-10-6-7-11(8)9(2,3)4;2*1-5-8-6-7-11(10-8)9(2,3)4;1-5-8-10-7(6-11-8)9(2,3)4;1-5-8-10-6-7(11-8)9(2,3)4;1-7(2,3)10-5-4-6(8)9-10/h4,6,8H,5,7H2,1-3H3;5-7H,1H2,2-4H3;1,6-7H,2-4H3;5-7H,1H2,2-4H3;1,6-7H,2-4H3;2*1,6H,2-4H3;4-5H,1-3H3. The van der Waals surface area contributed by atoms with Crippen LogP contribution in [-0.2, 0) is 43.3 Å². The van der Waals surface area contributed by atoms with E-state index in [9.17, 15) is 9.18 Å². The number of hydrogen-bond donors (Lipinski definition) is 0. The van der Waals surface area contributed by atoms with E-state index in [0.717, 1.165) is 40.1 Å². The number of ketones is 1. The van der Waals surface area contributed by atoms with Crippen molar-refractivity contribution in [2.75, 3.05) is 0 Å². The fraction of sp³-hybridized carbons (Fsp3) is 0.493. The molecular weight excluding hydrogens is 1120 g/mol. The fourth-order valence-corrected chi connectivity index (χ4v) is 8.68. The minimum Gasteiger partial charge on any atom is -0.326 e. The van der Waals surface area contributed by atoms with Gasteiger partial charge in [0.05, 0.1) is 28.0 Å². The molecule has 0 N–H and O–H groups in total. The summed E-state index contributed by atoms with van der Waals surface area (Å²) in [5.74, 6) is 12.1. The first-order valence-electron chi connectivity index (χ1n) is 28.9. The summed E-state index contributed by atoms with van der Waals surface area (Å²) in [5, 5.41) is 15.7. The minimum absolute atomic E-state index is 0.0229. The Labute approximate surface area is 531 Å². The number of aromatic nitrogens is 12. The molecule has 7 aromatic heterocycles. The van der Waals surface area contributed by atoms with Crippen molar-refractivity contribution in [2.45, 2.75) is 218 Å². The van der Waals surface area contributed by atoms with E-state index in [1.54, 1.807) is 52.8 Å². The Bertz CT molecular complexity index is 3280. The zero-order chi connectivity index (χ0) is 67.2. The van der Waals surface area contributed by atoms with Crippen LogP contribution in [0.1, 0.15) is 223 Å². The number of allylic oxidation sites excluding steroid dienone is 2. The average Bonchev–Trinajstić information content (AvgIpc) is 4.46. The van der Waals surface area contributed by atoms with Gasteiger partial charge in [-0.3, -0.25) is 18.8 Å². The van der Waals surface area contributed by atoms with Crippen molar-refractivity contribution in [1.82, 2.24) is 58.4 Å². The maximum atomic E-state index is 12.3. The van der Waals surface area contributed by atoms with Gasteiger partial charge in [-0.15, -0.1) is 53.5 Å². The van der Waals surface area contributed by atoms with E-state index in [1.807, 2.05) is 89.3 Å². The molecule has 0 aliphatic heterocycles. The highest BCUT2D eigenvalue weighted by molar-refractivity contribution is 7.12. The number of thiazole rings is 2. The number of carbonyl (C=O) groups is 1. The van der Waals surface area contributed by atoms with Crippen molar-refractivity contribution in [1.29, 1.82) is 0 Å². The van der Waals surface area contributed by atoms with Gasteiger partial charge < -0.3 is 9.13 Å². The molecule has 0 saturated heterocycles. The van der Waals surface area contributed by atoms with Gasteiger partial charge in [-0.1, -0.05) is 81.5 Å². The molecule has 87 heavy (non-hydrogen) atoms. The lowest BCUT2D eigenvalue weighted by Crippen LogP contribution is -2.24. The molecule has 0 amide bonds. The van der Waals surface area contributed by atoms with Crippen LogP contribution >= 0.6 is 22.7 Å². The predicted octanol–water partition coefficient (Wildman–Crippen LogP) is 17.0. The summed E-state index contributed by atoms with van der Waals surface area (Å²) >= 11 is 3.12. The first kappa shape index (κ1) is 77.4. The van der Waals surface area contributed by atoms with Crippen LogP contribution in [0.3, 0.4) is 0 Å². The number of carbonyl (C=O) groups excluding carboxylic acids is 1. The van der Waals surface area contributed by atoms with Crippen molar-refractivity contribution in [3.05, 3.63) is 148 Å². The second-order valence-corrected chi connectivity index (χ2v) is 30.4. The van der Waals surface area contributed by atoms with E-state index >= 15 is 0 Å². The molecule has 0 radical (unpaired) electrons. The lowest BCUT2D eigenvalue weighted by atomic mass is 9.74. The van der Waals surface area contributed by atoms with Crippen LogP contribution in [0, 0.1) is 66.7 Å². The highest BCUT2D eigenvalue weighted by Crippen LogP contribution is 2.34. The van der Waals surface area contributed by atoms with E-state index in [1.165, 1.54) is 22.3 Å². The van der Waals surface area contributed by atoms with Gasteiger partial charge in [0.1, 0.15) is 11.5 Å². The smallest absolute Gasteiger partial charge is 0.232 e. The quantitative estimate of drug-likeness (QED) is 0.156. The van der Waals surface area contributed by atoms with Gasteiger partial charge in [-0.2, -0.15) is 14.6 Å². The van der Waals surface area contributed by atoms with E-state index in [2.05, 4.69) is 222 Å². The third kappa shape index (κ3) is 28.2. The zero-order valence-corrected chi connectivity index (χ0v) is 58.6. The van der Waals surface area contributed by atoms with Crippen molar-refractivity contribution < 1.29 is 9.18 Å². The van der Waals surface area contributed by atoms with Crippen LogP contribution in [0.4, 0.5) is 4.39 Å². The average molecular weight is 1220 g/mol. The predicted molar refractivity (Wildman–Crippen MR) is 366 cm³/mol. The molecule has 0 aromatic carbocycles. The third-order valence-corrected chi connectivity index (χ3v) is 14.5. The van der Waals surface area contributed by atoms with Gasteiger partial charge in [0.15, 0.2) is 21.6 Å². The number of nitrogens with zero attached hydrogens (tertiary/aromatic N) is 12. The molecule has 470 valence electrons. The Morgan fingerprint density at radius 1 is 0.586 bits per heavy atom. The lowest BCUT2D eigenvalue weighted by Gasteiger charge is -2.30. The maximum Gasteiger partial charge on any atom is 0.232 e. The normalized spacial score (nSPS) is 13.2. The summed E-state index contributed by atoms with van der Waals surface area (Å²) in [4.78, 5) is 28.8. The summed E-state index contributed by atoms with van der Waals surface area (Å²) in [5.41, 5.74) is 3.37. The van der Waals surface area contributed by atoms with E-state index in [0.29, 0.717) is 17.4 Å². The molecule has 0 saturated carbocycles. The maximum absolute atomic E-state index is 12.3. The molecule has 8 rings (SSSR count). The molecule has 0 fully saturated rings. The molecule has 0 spiro atoms. The van der Waals surface area contributed by atoms with Crippen LogP contribution in [0.5, 0.6) is 0 Å². The monoisotopic (exact) mass is 1220 g/mol. The molecule has 7 aromatic rings. The largest absolute Gasteiger partial charge is 0.326 e. The number of halogens is 1.